The number of nitrogens with one attached hydrogen (secondary N) is 1. The van der Waals surface area contributed by atoms with Gasteiger partial charge in [-0.05, 0) is 45.8 Å². The number of rotatable bonds is 7. The molecule has 0 saturated carbocycles. The Bertz CT molecular complexity index is 982. The molecule has 0 fully saturated rings. The van der Waals surface area contributed by atoms with Crippen LogP contribution in [0.2, 0.25) is 10.0 Å². The molecule has 0 aliphatic rings. The summed E-state index contributed by atoms with van der Waals surface area (Å²) in [6.07, 6.45) is 1.41. The van der Waals surface area contributed by atoms with Gasteiger partial charge in [0.25, 0.3) is 5.91 Å². The molecule has 0 spiro atoms. The van der Waals surface area contributed by atoms with Crippen LogP contribution in [0, 0.1) is 4.91 Å². The largest absolute Gasteiger partial charge is 0.458 e. The summed E-state index contributed by atoms with van der Waals surface area (Å²) in [5.74, 6) is -0.317. The molecule has 0 saturated heterocycles. The van der Waals surface area contributed by atoms with Crippen LogP contribution in [0.3, 0.4) is 0 Å². The molecule has 3 aromatic rings. The summed E-state index contributed by atoms with van der Waals surface area (Å²) in [5, 5.41) is 7.92. The minimum atomic E-state index is -0.607. The van der Waals surface area contributed by atoms with E-state index < -0.39 is 11.9 Å². The molecule has 3 rings (SSSR count). The van der Waals surface area contributed by atoms with Crippen LogP contribution in [0.4, 0.5) is 5.69 Å². The zero-order valence-electron chi connectivity index (χ0n) is 14.3. The Morgan fingerprint density at radius 1 is 1.14 bits per heavy atom. The number of carbonyl (C=O) groups excluding carboxylic acids is 1. The lowest BCUT2D eigenvalue weighted by Gasteiger charge is -2.24. The first-order valence-corrected chi connectivity index (χ1v) is 9.68. The zero-order chi connectivity index (χ0) is 20.1. The lowest BCUT2D eigenvalue weighted by molar-refractivity contribution is 0.0909. The van der Waals surface area contributed by atoms with Gasteiger partial charge in [0.2, 0.25) is 0 Å². The van der Waals surface area contributed by atoms with Gasteiger partial charge in [0.05, 0.1) is 38.1 Å². The number of benzene rings is 2. The summed E-state index contributed by atoms with van der Waals surface area (Å²) in [4.78, 5) is 24.0. The van der Waals surface area contributed by atoms with Gasteiger partial charge in [-0.2, -0.15) is 0 Å². The summed E-state index contributed by atoms with van der Waals surface area (Å²) >= 11 is 15.4. The maximum Gasteiger partial charge on any atom is 0.287 e. The molecule has 1 atom stereocenters. The molecule has 1 N–H and O–H groups in total. The molecule has 0 aliphatic heterocycles. The molecule has 6 nitrogen and oxygen atoms in total. The Balaban J connectivity index is 1.90. The third-order valence-electron chi connectivity index (χ3n) is 3.95. The molecule has 1 aromatic heterocycles. The lowest BCUT2D eigenvalue weighted by atomic mass is 10.1. The van der Waals surface area contributed by atoms with Crippen LogP contribution in [-0.2, 0) is 0 Å². The zero-order valence-corrected chi connectivity index (χ0v) is 17.4. The monoisotopic (exact) mass is 481 g/mol. The molecule has 0 aliphatic carbocycles. The van der Waals surface area contributed by atoms with E-state index in [1.54, 1.807) is 48.5 Å². The first kappa shape index (κ1) is 20.4. The van der Waals surface area contributed by atoms with Crippen molar-refractivity contribution in [3.05, 3.63) is 91.6 Å². The highest BCUT2D eigenvalue weighted by atomic mass is 79.9. The number of nitrogens with zero attached hydrogens (tertiary/aromatic N) is 2. The summed E-state index contributed by atoms with van der Waals surface area (Å²) in [6, 6.07) is 14.9. The first-order valence-electron chi connectivity index (χ1n) is 8.13. The molecule has 144 valence electrons. The number of nitroso groups, excluding NO2 is 1. The summed E-state index contributed by atoms with van der Waals surface area (Å²) in [5.41, 5.74) is 1.26. The highest BCUT2D eigenvalue weighted by molar-refractivity contribution is 9.10. The average Bonchev–Trinajstić information content (AvgIpc) is 3.14. The van der Waals surface area contributed by atoms with Crippen molar-refractivity contribution in [2.75, 3.05) is 11.6 Å². The van der Waals surface area contributed by atoms with Crippen molar-refractivity contribution in [2.24, 2.45) is 5.29 Å². The third-order valence-corrected chi connectivity index (χ3v) is 5.11. The van der Waals surface area contributed by atoms with E-state index in [2.05, 4.69) is 26.5 Å². The standard InChI is InChI=1S/C19H14BrCl2N3O3/c20-13-9-18(28-11-13)19(26)23-17(12-6-7-15(21)16(22)8-12)10-25(24-27)14-4-2-1-3-5-14/h1-9,11,17H,10H2,(H,23,26). The van der Waals surface area contributed by atoms with Crippen molar-refractivity contribution >= 4 is 50.7 Å². The van der Waals surface area contributed by atoms with Gasteiger partial charge in [-0.1, -0.05) is 47.5 Å². The van der Waals surface area contributed by atoms with Crippen LogP contribution in [0.1, 0.15) is 22.2 Å². The number of para-hydroxylation sites is 1. The summed E-state index contributed by atoms with van der Waals surface area (Å²) in [6.45, 7) is 0.0824. The van der Waals surface area contributed by atoms with Gasteiger partial charge in [0, 0.05) is 6.07 Å². The maximum absolute atomic E-state index is 12.6. The normalized spacial score (nSPS) is 11.7. The van der Waals surface area contributed by atoms with E-state index in [4.69, 9.17) is 27.6 Å². The van der Waals surface area contributed by atoms with E-state index in [0.717, 1.165) is 0 Å². The molecular formula is C19H14BrCl2N3O3. The first-order chi connectivity index (χ1) is 13.5. The average molecular weight is 483 g/mol. The van der Waals surface area contributed by atoms with Crippen molar-refractivity contribution in [1.29, 1.82) is 0 Å². The molecule has 1 heterocycles. The van der Waals surface area contributed by atoms with Crippen LogP contribution < -0.4 is 10.3 Å². The smallest absolute Gasteiger partial charge is 0.287 e. The fourth-order valence-corrected chi connectivity index (χ4v) is 3.19. The number of carbonyl (C=O) groups is 1. The molecule has 1 unspecified atom stereocenters. The minimum absolute atomic E-state index is 0.0824. The Labute approximate surface area is 179 Å². The maximum atomic E-state index is 12.6. The molecule has 2 aromatic carbocycles. The molecule has 1 amide bonds. The van der Waals surface area contributed by atoms with E-state index in [1.807, 2.05) is 6.07 Å². The number of hydrogen-bond acceptors (Lipinski definition) is 4. The van der Waals surface area contributed by atoms with E-state index >= 15 is 0 Å². The van der Waals surface area contributed by atoms with Crippen molar-refractivity contribution in [2.45, 2.75) is 6.04 Å². The van der Waals surface area contributed by atoms with Gasteiger partial charge in [-0.3, -0.25) is 4.79 Å². The third kappa shape index (κ3) is 4.92. The Hall–Kier alpha value is -2.35. The van der Waals surface area contributed by atoms with Crippen LogP contribution in [0.5, 0.6) is 0 Å². The van der Waals surface area contributed by atoms with Gasteiger partial charge in [-0.15, -0.1) is 4.91 Å². The van der Waals surface area contributed by atoms with Gasteiger partial charge >= 0.3 is 0 Å². The van der Waals surface area contributed by atoms with E-state index in [0.29, 0.717) is 25.8 Å². The van der Waals surface area contributed by atoms with Crippen LogP contribution in [-0.4, -0.2) is 12.5 Å². The lowest BCUT2D eigenvalue weighted by Crippen LogP contribution is -2.36. The van der Waals surface area contributed by atoms with Crippen molar-refractivity contribution < 1.29 is 9.21 Å². The number of anilines is 1. The summed E-state index contributed by atoms with van der Waals surface area (Å²) in [7, 11) is 0. The molecular weight excluding hydrogens is 469 g/mol. The van der Waals surface area contributed by atoms with Gasteiger partial charge in [0.1, 0.15) is 6.26 Å². The Kier molecular flexibility index (Phi) is 6.72. The van der Waals surface area contributed by atoms with Crippen LogP contribution in [0.15, 0.2) is 75.0 Å². The predicted octanol–water partition coefficient (Wildman–Crippen LogP) is 6.01. The van der Waals surface area contributed by atoms with Crippen molar-refractivity contribution in [1.82, 2.24) is 5.32 Å². The van der Waals surface area contributed by atoms with E-state index in [9.17, 15) is 9.70 Å². The molecule has 0 radical (unpaired) electrons. The van der Waals surface area contributed by atoms with Crippen LogP contribution in [0.25, 0.3) is 0 Å². The van der Waals surface area contributed by atoms with Gasteiger partial charge in [0.15, 0.2) is 5.76 Å². The predicted molar refractivity (Wildman–Crippen MR) is 113 cm³/mol. The second kappa shape index (κ2) is 9.23. The van der Waals surface area contributed by atoms with Crippen LogP contribution >= 0.6 is 39.1 Å². The highest BCUT2D eigenvalue weighted by Crippen LogP contribution is 2.28. The number of halogens is 3. The molecule has 0 bridgehead atoms. The number of hydrogen-bond donors (Lipinski definition) is 1. The Morgan fingerprint density at radius 2 is 1.89 bits per heavy atom. The van der Waals surface area contributed by atoms with Crippen molar-refractivity contribution in [3.8, 4) is 0 Å². The highest BCUT2D eigenvalue weighted by Gasteiger charge is 2.22. The topological polar surface area (TPSA) is 74.9 Å². The fraction of sp³-hybridized carbons (Fsp3) is 0.105. The second-order valence-corrected chi connectivity index (χ2v) is 7.56. The van der Waals surface area contributed by atoms with Gasteiger partial charge < -0.3 is 9.73 Å². The number of furan rings is 1. The van der Waals surface area contributed by atoms with E-state index in [-0.39, 0.29) is 12.3 Å². The SMILES string of the molecule is O=NN(CC(NC(=O)c1cc(Br)co1)c1ccc(Cl)c(Cl)c1)c1ccccc1. The minimum Gasteiger partial charge on any atom is -0.458 e. The fourth-order valence-electron chi connectivity index (χ4n) is 2.58. The second-order valence-electron chi connectivity index (χ2n) is 5.83. The Morgan fingerprint density at radius 3 is 2.50 bits per heavy atom. The van der Waals surface area contributed by atoms with E-state index in [1.165, 1.54) is 11.3 Å². The van der Waals surface area contributed by atoms with Gasteiger partial charge in [-0.25, -0.2) is 5.01 Å². The van der Waals surface area contributed by atoms with Crippen molar-refractivity contribution in [3.63, 3.8) is 0 Å². The molecule has 9 heteroatoms. The quantitative estimate of drug-likeness (QED) is 0.330. The molecule has 28 heavy (non-hydrogen) atoms. The summed E-state index contributed by atoms with van der Waals surface area (Å²) < 4.78 is 5.86. The number of amides is 1.